The summed E-state index contributed by atoms with van der Waals surface area (Å²) in [5, 5.41) is 31.5. The van der Waals surface area contributed by atoms with Crippen LogP contribution >= 0.6 is 0 Å². The third kappa shape index (κ3) is 23.1. The van der Waals surface area contributed by atoms with Gasteiger partial charge in [-0.1, -0.05) is 23.5 Å². The molecule has 3 amide bonds. The van der Waals surface area contributed by atoms with E-state index in [9.17, 15) is 39.0 Å². The standard InChI is InChI=1S/C51H69N3O18.C29H32N2O9/c1-35(2)42-31-40-41(71-42)7-6-38(50-49-39-30-43(60-3)36(32-55)29-44(39)69-34-45(49)72-53-50)51(40)70-33-37(56)5-4-11-52-46(57)10-13-61-15-17-63-19-21-65-23-25-67-27-28-68-26-24-66-22-20-64-18-16-62-14-12-54-47(58)8-9-48(54)59;1-15(2)21-11-19-20(38-21)7-6-17(29(19)37-14-26(34)39-25(33)5-4-8-30)28-27-18-10-22(35-3)16(12-32)9-23(18)36-13-24(27)40-31-28/h6-9,29-30,42,45,49,55H,1,4-5,10-28,31-34H2,2-3H3,(H,52,57);6-7,9-10,21,24,27,32H,1,4-5,8,11-14,30H2,2-3H3/t42-,45?,49?;21-,24?,27?/m11/s1. The second-order valence-electron chi connectivity index (χ2n) is 26.8. The van der Waals surface area contributed by atoms with Gasteiger partial charge in [0, 0.05) is 95.3 Å². The van der Waals surface area contributed by atoms with Crippen molar-refractivity contribution in [2.45, 2.75) is 108 Å². The van der Waals surface area contributed by atoms with Gasteiger partial charge >= 0.3 is 11.9 Å². The van der Waals surface area contributed by atoms with Gasteiger partial charge < -0.3 is 111 Å². The predicted octanol–water partition coefficient (Wildman–Crippen LogP) is 5.17. The quantitative estimate of drug-likeness (QED) is 0.0146. The van der Waals surface area contributed by atoms with Crippen LogP contribution in [0.2, 0.25) is 0 Å². The second-order valence-corrected chi connectivity index (χ2v) is 26.8. The number of nitrogens with two attached hydrogens (primary N) is 1. The van der Waals surface area contributed by atoms with E-state index in [1.807, 2.05) is 50.2 Å². The van der Waals surface area contributed by atoms with Gasteiger partial charge in [-0.2, -0.15) is 0 Å². The van der Waals surface area contributed by atoms with Crippen molar-refractivity contribution in [1.29, 1.82) is 0 Å². The molecule has 32 heteroatoms. The van der Waals surface area contributed by atoms with Gasteiger partial charge in [0.25, 0.3) is 11.8 Å². The van der Waals surface area contributed by atoms with Gasteiger partial charge in [-0.25, -0.2) is 4.79 Å². The van der Waals surface area contributed by atoms with E-state index in [-0.39, 0.29) is 120 Å². The Morgan fingerprint density at radius 2 is 0.991 bits per heavy atom. The fraction of sp³-hybridized carbons (Fsp3) is 0.525. The fourth-order valence-electron chi connectivity index (χ4n) is 13.1. The lowest BCUT2D eigenvalue weighted by Crippen LogP contribution is -2.33. The van der Waals surface area contributed by atoms with Crippen molar-refractivity contribution in [2.75, 3.05) is 166 Å². The summed E-state index contributed by atoms with van der Waals surface area (Å²) in [6, 6.07) is 14.6. The van der Waals surface area contributed by atoms with Crippen molar-refractivity contribution in [3.8, 4) is 46.0 Å². The van der Waals surface area contributed by atoms with Crippen LogP contribution in [0.1, 0.15) is 102 Å². The van der Waals surface area contributed by atoms with E-state index < -0.39 is 30.8 Å². The van der Waals surface area contributed by atoms with Crippen molar-refractivity contribution >= 4 is 46.9 Å². The maximum atomic E-state index is 13.2. The molecule has 7 aliphatic rings. The molecule has 0 aromatic heterocycles. The SMILES string of the molecule is C=C(C)[C@H]1Cc2c(ccc(C3=NOC4COc5cc(CO)c(OC)cc5C34)c2OCC(=O)CCCNC(=O)CCOCCOCCOCCOCCOCCOCCOCCOCCN2C(=O)C=CC2=O)O1.C=C(C)[C@H]1Cc2c(ccc(C3=NOC4COc5cc(CO)c(OC)cc5C34)c2OCC(=O)OC(=O)CCCN)O1. The Morgan fingerprint density at radius 1 is 0.554 bits per heavy atom. The van der Waals surface area contributed by atoms with Crippen LogP contribution < -0.4 is 48.9 Å². The summed E-state index contributed by atoms with van der Waals surface area (Å²) >= 11 is 0. The first-order valence-electron chi connectivity index (χ1n) is 37.5. The smallest absolute Gasteiger partial charge is 0.351 e. The average Bonchev–Trinajstić information content (AvgIpc) is 1.55. The molecule has 0 aliphatic carbocycles. The van der Waals surface area contributed by atoms with E-state index in [4.69, 9.17) is 95.9 Å². The summed E-state index contributed by atoms with van der Waals surface area (Å²) in [5.74, 6) is 1.31. The lowest BCUT2D eigenvalue weighted by atomic mass is 9.83. The highest BCUT2D eigenvalue weighted by molar-refractivity contribution is 6.13. The van der Waals surface area contributed by atoms with Gasteiger partial charge in [0.1, 0.15) is 89.4 Å². The number of oxime groups is 2. The molecule has 32 nitrogen and oxygen atoms in total. The molecule has 608 valence electrons. The molecule has 0 radical (unpaired) electrons. The number of esters is 2. The number of carbonyl (C=O) groups excluding carboxylic acids is 6. The minimum atomic E-state index is -0.818. The van der Waals surface area contributed by atoms with Gasteiger partial charge in [0.15, 0.2) is 24.6 Å². The topological polar surface area (TPSA) is 384 Å². The number of fused-ring (bicyclic) bond motifs is 8. The molecule has 4 aromatic rings. The monoisotopic (exact) mass is 1560 g/mol. The highest BCUT2D eigenvalue weighted by Crippen LogP contribution is 2.50. The van der Waals surface area contributed by atoms with Crippen LogP contribution in [0.4, 0.5) is 0 Å². The summed E-state index contributed by atoms with van der Waals surface area (Å²) in [6.07, 6.45) is 3.48. The largest absolute Gasteiger partial charge is 0.496 e. The summed E-state index contributed by atoms with van der Waals surface area (Å²) < 4.78 is 96.4. The van der Waals surface area contributed by atoms with Crippen molar-refractivity contribution < 1.29 is 129 Å². The van der Waals surface area contributed by atoms with E-state index in [1.165, 1.54) is 19.3 Å². The van der Waals surface area contributed by atoms with Crippen LogP contribution in [0.25, 0.3) is 0 Å². The number of aliphatic hydroxyl groups is 2. The number of aliphatic hydroxyl groups excluding tert-OH is 2. The Morgan fingerprint density at radius 3 is 1.42 bits per heavy atom. The Bertz CT molecular complexity index is 4010. The molecule has 0 fully saturated rings. The number of nitrogens with one attached hydrogen (secondary N) is 1. The molecule has 4 unspecified atom stereocenters. The highest BCUT2D eigenvalue weighted by Gasteiger charge is 2.46. The minimum Gasteiger partial charge on any atom is -0.496 e. The maximum Gasteiger partial charge on any atom is 0.351 e. The van der Waals surface area contributed by atoms with Gasteiger partial charge in [0.05, 0.1) is 152 Å². The van der Waals surface area contributed by atoms with E-state index in [0.717, 1.165) is 38.3 Å². The van der Waals surface area contributed by atoms with E-state index >= 15 is 0 Å². The molecule has 0 saturated heterocycles. The molecule has 0 bridgehead atoms. The van der Waals surface area contributed by atoms with Crippen molar-refractivity contribution in [1.82, 2.24) is 10.2 Å². The van der Waals surface area contributed by atoms with Crippen LogP contribution in [-0.4, -0.2) is 252 Å². The number of methoxy groups -OCH3 is 2. The molecular formula is C80H101N5O27. The number of rotatable bonds is 48. The zero-order chi connectivity index (χ0) is 79.3. The van der Waals surface area contributed by atoms with Crippen LogP contribution in [0, 0.1) is 0 Å². The first kappa shape index (κ1) is 84.9. The highest BCUT2D eigenvalue weighted by atomic mass is 16.7. The van der Waals surface area contributed by atoms with Gasteiger partial charge in [-0.15, -0.1) is 0 Å². The Labute approximate surface area is 649 Å². The first-order chi connectivity index (χ1) is 54.5. The number of amides is 3. The van der Waals surface area contributed by atoms with Gasteiger partial charge in [-0.3, -0.25) is 28.9 Å². The van der Waals surface area contributed by atoms with Crippen molar-refractivity contribution in [2.24, 2.45) is 16.0 Å². The average molecular weight is 1560 g/mol. The number of ether oxygens (including phenoxy) is 17. The summed E-state index contributed by atoms with van der Waals surface area (Å²) in [4.78, 5) is 85.7. The third-order valence-electron chi connectivity index (χ3n) is 18.9. The van der Waals surface area contributed by atoms with Crippen LogP contribution in [-0.2, 0) is 107 Å². The van der Waals surface area contributed by atoms with Crippen molar-refractivity contribution in [3.63, 3.8) is 0 Å². The van der Waals surface area contributed by atoms with Gasteiger partial charge in [0.2, 0.25) is 5.91 Å². The summed E-state index contributed by atoms with van der Waals surface area (Å²) in [5.41, 5.74) is 14.0. The predicted molar refractivity (Wildman–Crippen MR) is 401 cm³/mol. The molecule has 0 spiro atoms. The molecule has 4 aromatic carbocycles. The van der Waals surface area contributed by atoms with Crippen molar-refractivity contribution in [3.05, 3.63) is 129 Å². The number of carbonyl (C=O) groups is 6. The lowest BCUT2D eigenvalue weighted by Gasteiger charge is -2.29. The number of benzene rings is 4. The number of nitrogens with zero attached hydrogens (tertiary/aromatic N) is 3. The van der Waals surface area contributed by atoms with Crippen LogP contribution in [0.3, 0.4) is 0 Å². The number of hydrogen-bond acceptors (Lipinski definition) is 30. The fourth-order valence-corrected chi connectivity index (χ4v) is 13.1. The van der Waals surface area contributed by atoms with Crippen LogP contribution in [0.5, 0.6) is 46.0 Å². The third-order valence-corrected chi connectivity index (χ3v) is 18.9. The second kappa shape index (κ2) is 43.5. The summed E-state index contributed by atoms with van der Waals surface area (Å²) in [6.45, 7) is 18.4. The molecule has 11 rings (SSSR count). The molecule has 7 heterocycles. The molecule has 6 atom stereocenters. The Balaban J connectivity index is 0.000000279. The summed E-state index contributed by atoms with van der Waals surface area (Å²) in [7, 11) is 3.08. The van der Waals surface area contributed by atoms with E-state index in [1.54, 1.807) is 19.2 Å². The maximum absolute atomic E-state index is 13.2. The normalized spacial score (nSPS) is 18.4. The molecule has 7 aliphatic heterocycles. The zero-order valence-corrected chi connectivity index (χ0v) is 63.8. The van der Waals surface area contributed by atoms with E-state index in [0.29, 0.717) is 211 Å². The Hall–Kier alpha value is -9.58. The Kier molecular flexibility index (Phi) is 32.9. The molecule has 112 heavy (non-hydrogen) atoms. The minimum absolute atomic E-state index is 0.0442. The lowest BCUT2D eigenvalue weighted by molar-refractivity contribution is -0.161. The molecule has 0 saturated carbocycles. The first-order valence-corrected chi connectivity index (χ1v) is 37.5. The number of ketones is 1. The molecule has 5 N–H and O–H groups in total. The number of hydrogen-bond donors (Lipinski definition) is 4. The molecular weight excluding hydrogens is 1460 g/mol. The van der Waals surface area contributed by atoms with Gasteiger partial charge in [-0.05, 0) is 92.9 Å². The van der Waals surface area contributed by atoms with E-state index in [2.05, 4.69) is 28.8 Å². The number of Topliss-reactive ketones (excluding diaryl/α,β-unsaturated/α-hetero) is 1. The van der Waals surface area contributed by atoms with Crippen LogP contribution in [0.15, 0.2) is 95.3 Å². The number of imide groups is 1. The zero-order valence-electron chi connectivity index (χ0n) is 63.8.